The molecule has 1 unspecified atom stereocenters. The first-order valence-corrected chi connectivity index (χ1v) is 11.5. The molecular formula is C23H19BrN2O3S. The third-order valence-electron chi connectivity index (χ3n) is 5.44. The summed E-state index contributed by atoms with van der Waals surface area (Å²) in [6.45, 7) is 0. The van der Waals surface area contributed by atoms with Crippen molar-refractivity contribution in [2.45, 2.75) is 31.8 Å². The number of nitrogens with one attached hydrogen (secondary N) is 2. The van der Waals surface area contributed by atoms with Gasteiger partial charge in [0.25, 0.3) is 5.91 Å². The molecule has 0 saturated carbocycles. The van der Waals surface area contributed by atoms with E-state index in [1.165, 1.54) is 16.9 Å². The molecule has 1 amide bonds. The topological polar surface area (TPSA) is 67.4 Å². The number of aryl methyl sites for hydroxylation is 1. The Bertz CT molecular complexity index is 1160. The molecule has 30 heavy (non-hydrogen) atoms. The predicted molar refractivity (Wildman–Crippen MR) is 120 cm³/mol. The molecule has 3 aromatic rings. The highest BCUT2D eigenvalue weighted by molar-refractivity contribution is 9.10. The molecule has 1 aliphatic carbocycles. The first kappa shape index (κ1) is 19.3. The lowest BCUT2D eigenvalue weighted by molar-refractivity contribution is 0.0733. The summed E-state index contributed by atoms with van der Waals surface area (Å²) < 4.78 is 6.25. The molecule has 2 aliphatic rings. The zero-order valence-corrected chi connectivity index (χ0v) is 18.4. The van der Waals surface area contributed by atoms with Crippen LogP contribution in [0.5, 0.6) is 5.75 Å². The Morgan fingerprint density at radius 1 is 1.07 bits per heavy atom. The molecule has 0 spiro atoms. The van der Waals surface area contributed by atoms with Crippen LogP contribution in [0.4, 0.5) is 5.00 Å². The van der Waals surface area contributed by atoms with E-state index in [2.05, 4.69) is 26.6 Å². The van der Waals surface area contributed by atoms with Crippen LogP contribution in [0.1, 0.15) is 55.7 Å². The molecule has 2 N–H and O–H groups in total. The summed E-state index contributed by atoms with van der Waals surface area (Å²) in [4.78, 5) is 26.7. The first-order chi connectivity index (χ1) is 14.6. The standard InChI is InChI=1S/C23H19BrN2O3S/c24-17-10-3-1-8-15(17)23(28)29-14-7-5-6-13(12-14)20-25-21(27)19-16-9-2-4-11-18(16)30-22(19)26-20/h1,3,5-8,10,12,20,26H,2,4,9,11H2,(H,25,27). The molecular weight excluding hydrogens is 464 g/mol. The van der Waals surface area contributed by atoms with Crippen LogP contribution < -0.4 is 15.4 Å². The maximum atomic E-state index is 12.9. The van der Waals surface area contributed by atoms with E-state index in [9.17, 15) is 9.59 Å². The van der Waals surface area contributed by atoms with Crippen LogP contribution in [0.25, 0.3) is 0 Å². The predicted octanol–water partition coefficient (Wildman–Crippen LogP) is 5.46. The number of amides is 1. The fourth-order valence-corrected chi connectivity index (χ4v) is 5.75. The molecule has 0 fully saturated rings. The fraction of sp³-hybridized carbons (Fsp3) is 0.217. The van der Waals surface area contributed by atoms with Gasteiger partial charge in [-0.1, -0.05) is 24.3 Å². The molecule has 0 radical (unpaired) electrons. The van der Waals surface area contributed by atoms with E-state index in [1.807, 2.05) is 18.2 Å². The number of fused-ring (bicyclic) bond motifs is 3. The largest absolute Gasteiger partial charge is 0.423 e. The number of anilines is 1. The van der Waals surface area contributed by atoms with Crippen molar-refractivity contribution in [2.75, 3.05) is 5.32 Å². The summed E-state index contributed by atoms with van der Waals surface area (Å²) in [5, 5.41) is 7.45. The zero-order valence-electron chi connectivity index (χ0n) is 16.0. The van der Waals surface area contributed by atoms with E-state index < -0.39 is 5.97 Å². The van der Waals surface area contributed by atoms with E-state index in [0.29, 0.717) is 15.8 Å². The molecule has 2 aromatic carbocycles. The average Bonchev–Trinajstić information content (AvgIpc) is 3.13. The summed E-state index contributed by atoms with van der Waals surface area (Å²) in [5.74, 6) is -0.0437. The number of halogens is 1. The summed E-state index contributed by atoms with van der Waals surface area (Å²) in [6, 6.07) is 14.4. The molecule has 7 heteroatoms. The SMILES string of the molecule is O=C(Oc1cccc(C2NC(=O)c3c(sc4c3CCCC4)N2)c1)c1ccccc1Br. The van der Waals surface area contributed by atoms with Gasteiger partial charge in [-0.3, -0.25) is 4.79 Å². The molecule has 5 rings (SSSR count). The van der Waals surface area contributed by atoms with Crippen LogP contribution in [0.2, 0.25) is 0 Å². The van der Waals surface area contributed by atoms with Gasteiger partial charge in [-0.25, -0.2) is 4.79 Å². The number of esters is 1. The Balaban J connectivity index is 1.38. The summed E-state index contributed by atoms with van der Waals surface area (Å²) in [7, 11) is 0. The number of ether oxygens (including phenoxy) is 1. The van der Waals surface area contributed by atoms with Crippen molar-refractivity contribution in [3.05, 3.63) is 80.1 Å². The Morgan fingerprint density at radius 2 is 1.90 bits per heavy atom. The Hall–Kier alpha value is -2.64. The maximum Gasteiger partial charge on any atom is 0.344 e. The Kier molecular flexibility index (Phi) is 5.08. The molecule has 0 bridgehead atoms. The molecule has 1 atom stereocenters. The van der Waals surface area contributed by atoms with Gasteiger partial charge in [0.15, 0.2) is 0 Å². The lowest BCUT2D eigenvalue weighted by Crippen LogP contribution is -2.38. The minimum atomic E-state index is -0.437. The molecule has 152 valence electrons. The fourth-order valence-electron chi connectivity index (χ4n) is 3.99. The highest BCUT2D eigenvalue weighted by Gasteiger charge is 2.32. The van der Waals surface area contributed by atoms with Gasteiger partial charge < -0.3 is 15.4 Å². The van der Waals surface area contributed by atoms with Crippen molar-refractivity contribution in [2.24, 2.45) is 0 Å². The molecule has 5 nitrogen and oxygen atoms in total. The van der Waals surface area contributed by atoms with Gasteiger partial charge in [-0.05, 0) is 77.0 Å². The lowest BCUT2D eigenvalue weighted by Gasteiger charge is -2.27. The van der Waals surface area contributed by atoms with Gasteiger partial charge in [0.05, 0.1) is 11.1 Å². The second-order valence-corrected chi connectivity index (χ2v) is 9.37. The second kappa shape index (κ2) is 7.89. The third-order valence-corrected chi connectivity index (χ3v) is 7.36. The van der Waals surface area contributed by atoms with Crippen LogP contribution in [-0.2, 0) is 12.8 Å². The van der Waals surface area contributed by atoms with Gasteiger partial charge in [0, 0.05) is 9.35 Å². The van der Waals surface area contributed by atoms with Crippen LogP contribution in [0.15, 0.2) is 53.0 Å². The number of hydrogen-bond donors (Lipinski definition) is 2. The number of benzene rings is 2. The van der Waals surface area contributed by atoms with Crippen LogP contribution >= 0.6 is 27.3 Å². The summed E-state index contributed by atoms with van der Waals surface area (Å²) >= 11 is 5.07. The molecule has 2 heterocycles. The van der Waals surface area contributed by atoms with E-state index >= 15 is 0 Å². The summed E-state index contributed by atoms with van der Waals surface area (Å²) in [6.07, 6.45) is 3.97. The van der Waals surface area contributed by atoms with Gasteiger partial charge >= 0.3 is 5.97 Å². The van der Waals surface area contributed by atoms with E-state index in [-0.39, 0.29) is 12.1 Å². The highest BCUT2D eigenvalue weighted by atomic mass is 79.9. The molecule has 1 aromatic heterocycles. The van der Waals surface area contributed by atoms with Crippen molar-refractivity contribution in [3.63, 3.8) is 0 Å². The zero-order chi connectivity index (χ0) is 20.7. The van der Waals surface area contributed by atoms with E-state index in [1.54, 1.807) is 41.7 Å². The van der Waals surface area contributed by atoms with Crippen molar-refractivity contribution in [1.82, 2.24) is 5.32 Å². The van der Waals surface area contributed by atoms with Gasteiger partial charge in [0.1, 0.15) is 16.9 Å². The van der Waals surface area contributed by atoms with Gasteiger partial charge in [-0.2, -0.15) is 0 Å². The molecule has 0 saturated heterocycles. The van der Waals surface area contributed by atoms with Crippen LogP contribution in [-0.4, -0.2) is 11.9 Å². The third kappa shape index (κ3) is 3.52. The normalized spacial score (nSPS) is 17.4. The van der Waals surface area contributed by atoms with Gasteiger partial charge in [-0.15, -0.1) is 11.3 Å². The number of hydrogen-bond acceptors (Lipinski definition) is 5. The second-order valence-electron chi connectivity index (χ2n) is 7.41. The number of rotatable bonds is 3. The van der Waals surface area contributed by atoms with Gasteiger partial charge in [0.2, 0.25) is 0 Å². The quantitative estimate of drug-likeness (QED) is 0.384. The van der Waals surface area contributed by atoms with Crippen LogP contribution in [0, 0.1) is 0 Å². The van der Waals surface area contributed by atoms with E-state index in [4.69, 9.17) is 4.74 Å². The minimum Gasteiger partial charge on any atom is -0.423 e. The number of thiophene rings is 1. The number of carbonyl (C=O) groups excluding carboxylic acids is 2. The lowest BCUT2D eigenvalue weighted by atomic mass is 9.94. The van der Waals surface area contributed by atoms with E-state index in [0.717, 1.165) is 35.4 Å². The number of carbonyl (C=O) groups is 2. The highest BCUT2D eigenvalue weighted by Crippen LogP contribution is 2.41. The Morgan fingerprint density at radius 3 is 2.77 bits per heavy atom. The maximum absolute atomic E-state index is 12.9. The first-order valence-electron chi connectivity index (χ1n) is 9.89. The van der Waals surface area contributed by atoms with Crippen LogP contribution in [0.3, 0.4) is 0 Å². The average molecular weight is 483 g/mol. The monoisotopic (exact) mass is 482 g/mol. The summed E-state index contributed by atoms with van der Waals surface area (Å²) in [5.41, 5.74) is 3.31. The van der Waals surface area contributed by atoms with Crippen molar-refractivity contribution < 1.29 is 14.3 Å². The minimum absolute atomic E-state index is 0.0382. The van der Waals surface area contributed by atoms with Crippen molar-refractivity contribution in [1.29, 1.82) is 0 Å². The smallest absolute Gasteiger partial charge is 0.344 e. The van der Waals surface area contributed by atoms with Crippen molar-refractivity contribution in [3.8, 4) is 5.75 Å². The van der Waals surface area contributed by atoms with Crippen molar-refractivity contribution >= 4 is 44.1 Å². The Labute approximate surface area is 186 Å². The molecule has 1 aliphatic heterocycles.